The highest BCUT2D eigenvalue weighted by Gasteiger charge is 2.18. The molecule has 3 rings (SSSR count). The Morgan fingerprint density at radius 3 is 2.95 bits per heavy atom. The number of halogens is 1. The predicted molar refractivity (Wildman–Crippen MR) is 82.7 cm³/mol. The maximum Gasteiger partial charge on any atom is 0.231 e. The van der Waals surface area contributed by atoms with Crippen LogP contribution in [0.4, 0.5) is 5.69 Å². The molecule has 20 heavy (non-hydrogen) atoms. The smallest absolute Gasteiger partial charge is 0.231 e. The minimum atomic E-state index is 0.236. The molecule has 2 aromatic carbocycles. The molecule has 0 saturated heterocycles. The monoisotopic (exact) mass is 307 g/mol. The van der Waals surface area contributed by atoms with Crippen molar-refractivity contribution in [2.45, 2.75) is 17.6 Å². The van der Waals surface area contributed by atoms with Crippen molar-refractivity contribution in [1.29, 1.82) is 0 Å². The van der Waals surface area contributed by atoms with E-state index in [-0.39, 0.29) is 6.79 Å². The molecule has 1 aliphatic rings. The summed E-state index contributed by atoms with van der Waals surface area (Å²) in [5.74, 6) is 2.17. The molecule has 0 fully saturated rings. The summed E-state index contributed by atoms with van der Waals surface area (Å²) in [6, 6.07) is 9.84. The van der Waals surface area contributed by atoms with Gasteiger partial charge in [0.25, 0.3) is 0 Å². The average Bonchev–Trinajstić information content (AvgIpc) is 2.89. The Hall–Kier alpha value is -1.52. The lowest BCUT2D eigenvalue weighted by Gasteiger charge is -2.08. The molecule has 5 heteroatoms. The molecule has 1 aliphatic heterocycles. The number of anilines is 1. The molecule has 2 N–H and O–H groups in total. The third-order valence-corrected chi connectivity index (χ3v) is 4.60. The molecule has 0 unspecified atom stereocenters. The van der Waals surface area contributed by atoms with Gasteiger partial charge in [-0.25, -0.2) is 0 Å². The fraction of sp³-hybridized carbons (Fsp3) is 0.200. The lowest BCUT2D eigenvalue weighted by molar-refractivity contribution is 0.174. The normalized spacial score (nSPS) is 12.7. The second-order valence-electron chi connectivity index (χ2n) is 4.63. The van der Waals surface area contributed by atoms with Crippen LogP contribution in [0, 0.1) is 6.92 Å². The van der Waals surface area contributed by atoms with Gasteiger partial charge in [-0.2, -0.15) is 0 Å². The minimum Gasteiger partial charge on any atom is -0.454 e. The van der Waals surface area contributed by atoms with Gasteiger partial charge in [0.1, 0.15) is 0 Å². The second kappa shape index (κ2) is 5.46. The van der Waals surface area contributed by atoms with Gasteiger partial charge in [-0.3, -0.25) is 0 Å². The van der Waals surface area contributed by atoms with E-state index in [9.17, 15) is 0 Å². The van der Waals surface area contributed by atoms with Gasteiger partial charge in [0.15, 0.2) is 11.5 Å². The first-order chi connectivity index (χ1) is 9.63. The Labute approximate surface area is 127 Å². The second-order valence-corrected chi connectivity index (χ2v) is 6.05. The summed E-state index contributed by atoms with van der Waals surface area (Å²) in [6.07, 6.45) is 0. The fourth-order valence-corrected chi connectivity index (χ4v) is 3.33. The molecule has 2 aromatic rings. The van der Waals surface area contributed by atoms with Crippen molar-refractivity contribution in [2.24, 2.45) is 0 Å². The molecule has 0 bridgehead atoms. The first kappa shape index (κ1) is 13.5. The van der Waals surface area contributed by atoms with Gasteiger partial charge in [0, 0.05) is 16.3 Å². The number of nitrogen functional groups attached to an aromatic ring is 1. The molecule has 0 atom stereocenters. The summed E-state index contributed by atoms with van der Waals surface area (Å²) < 4.78 is 10.7. The van der Waals surface area contributed by atoms with Crippen molar-refractivity contribution in [2.75, 3.05) is 12.5 Å². The fourth-order valence-electron chi connectivity index (χ4n) is 2.04. The highest BCUT2D eigenvalue weighted by atomic mass is 35.5. The number of thioether (sulfide) groups is 1. The summed E-state index contributed by atoms with van der Waals surface area (Å²) in [6.45, 7) is 2.31. The van der Waals surface area contributed by atoms with Crippen molar-refractivity contribution in [3.05, 3.63) is 46.5 Å². The number of benzene rings is 2. The highest BCUT2D eigenvalue weighted by Crippen LogP contribution is 2.41. The van der Waals surface area contributed by atoms with Crippen LogP contribution in [-0.4, -0.2) is 6.79 Å². The molecular formula is C15H14ClNO2S. The van der Waals surface area contributed by atoms with Gasteiger partial charge >= 0.3 is 0 Å². The predicted octanol–water partition coefficient (Wildman–Crippen LogP) is 4.25. The maximum atomic E-state index is 6.18. The number of nitrogens with two attached hydrogens (primary N) is 1. The standard InChI is InChI=1S/C15H14ClNO2S/c1-9-2-3-11(17)6-14(9)20-7-10-4-12(16)15-13(5-10)18-8-19-15/h2-6H,7-8,17H2,1H3. The van der Waals surface area contributed by atoms with Crippen molar-refractivity contribution < 1.29 is 9.47 Å². The summed E-state index contributed by atoms with van der Waals surface area (Å²) in [7, 11) is 0. The molecule has 3 nitrogen and oxygen atoms in total. The van der Waals surface area contributed by atoms with Crippen LogP contribution in [0.1, 0.15) is 11.1 Å². The zero-order valence-corrected chi connectivity index (χ0v) is 12.6. The van der Waals surface area contributed by atoms with Gasteiger partial charge < -0.3 is 15.2 Å². The molecule has 0 amide bonds. The number of ether oxygens (including phenoxy) is 2. The quantitative estimate of drug-likeness (QED) is 0.680. The zero-order chi connectivity index (χ0) is 14.1. The lowest BCUT2D eigenvalue weighted by atomic mass is 10.2. The van der Waals surface area contributed by atoms with E-state index < -0.39 is 0 Å². The largest absolute Gasteiger partial charge is 0.454 e. The van der Waals surface area contributed by atoms with E-state index in [4.69, 9.17) is 26.8 Å². The van der Waals surface area contributed by atoms with Crippen LogP contribution >= 0.6 is 23.4 Å². The maximum absolute atomic E-state index is 6.18. The molecule has 0 radical (unpaired) electrons. The van der Waals surface area contributed by atoms with E-state index in [2.05, 4.69) is 6.92 Å². The van der Waals surface area contributed by atoms with E-state index in [1.807, 2.05) is 30.3 Å². The first-order valence-corrected chi connectivity index (χ1v) is 7.57. The van der Waals surface area contributed by atoms with Crippen molar-refractivity contribution in [3.8, 4) is 11.5 Å². The lowest BCUT2D eigenvalue weighted by Crippen LogP contribution is -1.93. The molecule has 0 spiro atoms. The van der Waals surface area contributed by atoms with Crippen LogP contribution in [0.2, 0.25) is 5.02 Å². The van der Waals surface area contributed by atoms with Crippen LogP contribution < -0.4 is 15.2 Å². The summed E-state index contributed by atoms with van der Waals surface area (Å²) in [4.78, 5) is 1.18. The third-order valence-electron chi connectivity index (χ3n) is 3.09. The van der Waals surface area contributed by atoms with Crippen molar-refractivity contribution in [3.63, 3.8) is 0 Å². The topological polar surface area (TPSA) is 44.5 Å². The molecule has 1 heterocycles. The Morgan fingerprint density at radius 2 is 2.10 bits per heavy atom. The third kappa shape index (κ3) is 2.67. The van der Waals surface area contributed by atoms with Crippen LogP contribution in [0.5, 0.6) is 11.5 Å². The van der Waals surface area contributed by atoms with Crippen LogP contribution in [0.15, 0.2) is 35.2 Å². The van der Waals surface area contributed by atoms with Crippen LogP contribution in [0.25, 0.3) is 0 Å². The van der Waals surface area contributed by atoms with E-state index in [0.717, 1.165) is 22.8 Å². The molecular weight excluding hydrogens is 294 g/mol. The van der Waals surface area contributed by atoms with Gasteiger partial charge in [0.2, 0.25) is 6.79 Å². The van der Waals surface area contributed by atoms with E-state index in [0.29, 0.717) is 10.8 Å². The summed E-state index contributed by atoms with van der Waals surface area (Å²) >= 11 is 7.91. The van der Waals surface area contributed by atoms with Gasteiger partial charge in [-0.1, -0.05) is 17.7 Å². The number of hydrogen-bond donors (Lipinski definition) is 1. The molecule has 104 valence electrons. The van der Waals surface area contributed by atoms with Gasteiger partial charge in [-0.15, -0.1) is 11.8 Å². The SMILES string of the molecule is Cc1ccc(N)cc1SCc1cc(Cl)c2c(c1)OCO2. The molecule has 0 aliphatic carbocycles. The first-order valence-electron chi connectivity index (χ1n) is 6.20. The molecule has 0 aromatic heterocycles. The zero-order valence-electron chi connectivity index (χ0n) is 11.0. The van der Waals surface area contributed by atoms with Crippen molar-refractivity contribution in [1.82, 2.24) is 0 Å². The Kier molecular flexibility index (Phi) is 3.68. The van der Waals surface area contributed by atoms with Gasteiger partial charge in [-0.05, 0) is 42.3 Å². The minimum absolute atomic E-state index is 0.236. The summed E-state index contributed by atoms with van der Waals surface area (Å²) in [5, 5.41) is 0.597. The Balaban J connectivity index is 1.79. The average molecular weight is 308 g/mol. The van der Waals surface area contributed by atoms with E-state index >= 15 is 0 Å². The van der Waals surface area contributed by atoms with Crippen LogP contribution in [-0.2, 0) is 5.75 Å². The Bertz CT molecular complexity index is 661. The van der Waals surface area contributed by atoms with Crippen molar-refractivity contribution >= 4 is 29.1 Å². The summed E-state index contributed by atoms with van der Waals surface area (Å²) in [5.41, 5.74) is 8.92. The Morgan fingerprint density at radius 1 is 1.25 bits per heavy atom. The number of rotatable bonds is 3. The van der Waals surface area contributed by atoms with E-state index in [1.54, 1.807) is 11.8 Å². The van der Waals surface area contributed by atoms with Gasteiger partial charge in [0.05, 0.1) is 5.02 Å². The van der Waals surface area contributed by atoms with Crippen LogP contribution in [0.3, 0.4) is 0 Å². The highest BCUT2D eigenvalue weighted by molar-refractivity contribution is 7.98. The number of aryl methyl sites for hydroxylation is 1. The number of hydrogen-bond acceptors (Lipinski definition) is 4. The number of fused-ring (bicyclic) bond motifs is 1. The molecule has 0 saturated carbocycles. The van der Waals surface area contributed by atoms with E-state index in [1.165, 1.54) is 10.5 Å².